The lowest BCUT2D eigenvalue weighted by Gasteiger charge is -2.28. The Bertz CT molecular complexity index is 477. The van der Waals surface area contributed by atoms with Crippen LogP contribution in [0.15, 0.2) is 12.1 Å². The second-order valence-electron chi connectivity index (χ2n) is 5.53. The summed E-state index contributed by atoms with van der Waals surface area (Å²) in [7, 11) is 1.72. The fraction of sp³-hybridized carbons (Fsp3) is 0.462. The van der Waals surface area contributed by atoms with Crippen molar-refractivity contribution in [2.75, 3.05) is 12.4 Å². The van der Waals surface area contributed by atoms with Gasteiger partial charge in [0.2, 0.25) is 0 Å². The van der Waals surface area contributed by atoms with Crippen molar-refractivity contribution in [2.45, 2.75) is 32.7 Å². The highest BCUT2D eigenvalue weighted by molar-refractivity contribution is 5.92. The van der Waals surface area contributed by atoms with Gasteiger partial charge in [-0.3, -0.25) is 0 Å². The molecule has 0 fully saturated rings. The number of nitrogens with zero attached hydrogens (tertiary/aromatic N) is 1. The van der Waals surface area contributed by atoms with Gasteiger partial charge in [-0.25, -0.2) is 9.18 Å². The van der Waals surface area contributed by atoms with E-state index in [0.717, 1.165) is 5.56 Å². The first-order valence-electron chi connectivity index (χ1n) is 5.64. The second kappa shape index (κ2) is 3.72. The molecule has 3 nitrogen and oxygen atoms in total. The molecule has 1 heterocycles. The van der Waals surface area contributed by atoms with Crippen LogP contribution in [0.2, 0.25) is 0 Å². The van der Waals surface area contributed by atoms with E-state index in [1.165, 1.54) is 6.07 Å². The van der Waals surface area contributed by atoms with Gasteiger partial charge in [0.15, 0.2) is 0 Å². The van der Waals surface area contributed by atoms with Gasteiger partial charge >= 0.3 is 6.03 Å². The number of fused-ring (bicyclic) bond motifs is 1. The van der Waals surface area contributed by atoms with Crippen molar-refractivity contribution in [1.29, 1.82) is 0 Å². The Hall–Kier alpha value is -1.58. The van der Waals surface area contributed by atoms with Crippen LogP contribution in [-0.4, -0.2) is 18.0 Å². The summed E-state index contributed by atoms with van der Waals surface area (Å²) in [5.41, 5.74) is 1.98. The molecule has 0 atom stereocenters. The molecule has 1 aliphatic heterocycles. The van der Waals surface area contributed by atoms with Gasteiger partial charge in [-0.1, -0.05) is 20.8 Å². The number of anilines is 1. The molecule has 0 spiro atoms. The minimum absolute atomic E-state index is 0.194. The molecule has 4 heteroatoms. The molecule has 1 aliphatic rings. The van der Waals surface area contributed by atoms with E-state index in [-0.39, 0.29) is 17.3 Å². The Morgan fingerprint density at radius 2 is 2.00 bits per heavy atom. The summed E-state index contributed by atoms with van der Waals surface area (Å²) in [6.07, 6.45) is 0. The van der Waals surface area contributed by atoms with Gasteiger partial charge in [-0.15, -0.1) is 0 Å². The largest absolute Gasteiger partial charge is 0.323 e. The van der Waals surface area contributed by atoms with E-state index in [9.17, 15) is 9.18 Å². The highest BCUT2D eigenvalue weighted by atomic mass is 19.1. The van der Waals surface area contributed by atoms with Gasteiger partial charge in [0.1, 0.15) is 5.82 Å². The van der Waals surface area contributed by atoms with Crippen LogP contribution in [0.1, 0.15) is 31.9 Å². The van der Waals surface area contributed by atoms with Crippen molar-refractivity contribution >= 4 is 11.7 Å². The average molecular weight is 236 g/mol. The van der Waals surface area contributed by atoms with E-state index in [1.807, 2.05) is 26.8 Å². The zero-order valence-electron chi connectivity index (χ0n) is 10.6. The molecule has 2 rings (SSSR count). The predicted octanol–water partition coefficient (Wildman–Crippen LogP) is 3.10. The van der Waals surface area contributed by atoms with Crippen LogP contribution < -0.4 is 5.32 Å². The molecule has 0 saturated heterocycles. The molecular formula is C13H17FN2O. The summed E-state index contributed by atoms with van der Waals surface area (Å²) >= 11 is 0. The second-order valence-corrected chi connectivity index (χ2v) is 5.53. The topological polar surface area (TPSA) is 32.3 Å². The number of hydrogen-bond acceptors (Lipinski definition) is 1. The summed E-state index contributed by atoms with van der Waals surface area (Å²) in [6.45, 7) is 6.44. The molecule has 0 aromatic heterocycles. The number of urea groups is 1. The average Bonchev–Trinajstić information content (AvgIpc) is 2.18. The van der Waals surface area contributed by atoms with Gasteiger partial charge in [-0.2, -0.15) is 0 Å². The smallest absolute Gasteiger partial charge is 0.321 e. The van der Waals surface area contributed by atoms with Crippen LogP contribution in [0.3, 0.4) is 0 Å². The van der Waals surface area contributed by atoms with Crippen molar-refractivity contribution in [3.05, 3.63) is 29.1 Å². The number of hydrogen-bond donors (Lipinski definition) is 1. The van der Waals surface area contributed by atoms with E-state index in [4.69, 9.17) is 0 Å². The summed E-state index contributed by atoms with van der Waals surface area (Å²) in [4.78, 5) is 13.0. The third-order valence-electron chi connectivity index (χ3n) is 3.00. The van der Waals surface area contributed by atoms with Crippen LogP contribution in [0.5, 0.6) is 0 Å². The number of carbonyl (C=O) groups excluding carboxylic acids is 1. The number of benzene rings is 1. The number of amides is 2. The first-order chi connectivity index (χ1) is 7.79. The monoisotopic (exact) mass is 236 g/mol. The van der Waals surface area contributed by atoms with Crippen molar-refractivity contribution < 1.29 is 9.18 Å². The van der Waals surface area contributed by atoms with E-state index >= 15 is 0 Å². The van der Waals surface area contributed by atoms with Gasteiger partial charge in [-0.05, 0) is 28.7 Å². The van der Waals surface area contributed by atoms with Crippen LogP contribution in [0, 0.1) is 5.82 Å². The number of nitrogens with one attached hydrogen (secondary N) is 1. The Balaban J connectivity index is 2.51. The molecule has 0 bridgehead atoms. The van der Waals surface area contributed by atoms with E-state index < -0.39 is 0 Å². The molecule has 0 saturated carbocycles. The molecule has 92 valence electrons. The third kappa shape index (κ3) is 2.12. The van der Waals surface area contributed by atoms with Gasteiger partial charge in [0.05, 0.1) is 5.69 Å². The van der Waals surface area contributed by atoms with Crippen LogP contribution >= 0.6 is 0 Å². The predicted molar refractivity (Wildman–Crippen MR) is 65.6 cm³/mol. The fourth-order valence-corrected chi connectivity index (χ4v) is 1.98. The lowest BCUT2D eigenvalue weighted by atomic mass is 9.85. The number of rotatable bonds is 0. The minimum Gasteiger partial charge on any atom is -0.323 e. The summed E-state index contributed by atoms with van der Waals surface area (Å²) in [5.74, 6) is -0.263. The first kappa shape index (κ1) is 11.9. The molecule has 0 radical (unpaired) electrons. The fourth-order valence-electron chi connectivity index (χ4n) is 1.98. The maximum Gasteiger partial charge on any atom is 0.321 e. The Kier molecular flexibility index (Phi) is 2.60. The van der Waals surface area contributed by atoms with E-state index in [2.05, 4.69) is 5.32 Å². The summed E-state index contributed by atoms with van der Waals surface area (Å²) < 4.78 is 13.9. The first-order valence-corrected chi connectivity index (χ1v) is 5.64. The van der Waals surface area contributed by atoms with Crippen molar-refractivity contribution in [3.8, 4) is 0 Å². The normalized spacial score (nSPS) is 15.6. The molecule has 0 unspecified atom stereocenters. The lowest BCUT2D eigenvalue weighted by molar-refractivity contribution is 0.218. The van der Waals surface area contributed by atoms with Crippen LogP contribution in [0.25, 0.3) is 0 Å². The maximum absolute atomic E-state index is 13.9. The zero-order chi connectivity index (χ0) is 12.8. The Labute approximate surface area is 101 Å². The highest BCUT2D eigenvalue weighted by Crippen LogP contribution is 2.32. The summed E-state index contributed by atoms with van der Waals surface area (Å²) in [5, 5.41) is 2.68. The lowest BCUT2D eigenvalue weighted by Crippen LogP contribution is -2.35. The van der Waals surface area contributed by atoms with Crippen molar-refractivity contribution in [1.82, 2.24) is 4.90 Å². The number of halogens is 1. The number of carbonyl (C=O) groups is 1. The van der Waals surface area contributed by atoms with Crippen LogP contribution in [-0.2, 0) is 12.0 Å². The Morgan fingerprint density at radius 1 is 1.35 bits per heavy atom. The van der Waals surface area contributed by atoms with E-state index in [1.54, 1.807) is 11.9 Å². The zero-order valence-corrected chi connectivity index (χ0v) is 10.6. The molecule has 0 aliphatic carbocycles. The van der Waals surface area contributed by atoms with Gasteiger partial charge in [0.25, 0.3) is 0 Å². The molecule has 17 heavy (non-hydrogen) atoms. The molecule has 1 aromatic rings. The Morgan fingerprint density at radius 3 is 2.59 bits per heavy atom. The maximum atomic E-state index is 13.9. The third-order valence-corrected chi connectivity index (χ3v) is 3.00. The van der Waals surface area contributed by atoms with Crippen molar-refractivity contribution in [3.63, 3.8) is 0 Å². The standard InChI is InChI=1S/C13H17FN2O/c1-13(2,3)9-5-8-7-16(4)12(17)15-11(8)6-10(9)14/h5-6H,7H2,1-4H3,(H,15,17). The SMILES string of the molecule is CN1Cc2cc(C(C)(C)C)c(F)cc2NC1=O. The van der Waals surface area contributed by atoms with Gasteiger partial charge < -0.3 is 10.2 Å². The van der Waals surface area contributed by atoms with E-state index in [0.29, 0.717) is 17.8 Å². The van der Waals surface area contributed by atoms with Gasteiger partial charge in [0, 0.05) is 13.6 Å². The quantitative estimate of drug-likeness (QED) is 0.737. The minimum atomic E-state index is -0.263. The molecule has 2 amide bonds. The highest BCUT2D eigenvalue weighted by Gasteiger charge is 2.25. The van der Waals surface area contributed by atoms with Crippen LogP contribution in [0.4, 0.5) is 14.9 Å². The summed E-state index contributed by atoms with van der Waals surface area (Å²) in [6, 6.07) is 3.07. The molecule has 1 N–H and O–H groups in total. The molecular weight excluding hydrogens is 219 g/mol. The van der Waals surface area contributed by atoms with Crippen molar-refractivity contribution in [2.24, 2.45) is 0 Å². The molecule has 1 aromatic carbocycles.